The highest BCUT2D eigenvalue weighted by atomic mass is 16.3. The minimum atomic E-state index is 0.233. The number of aromatic hydroxyl groups is 1. The Balaban J connectivity index is 1.39. The molecular formula is C44H31N3O. The number of phenols is 1. The first-order chi connectivity index (χ1) is 23.6. The Morgan fingerprint density at radius 3 is 2.12 bits per heavy atom. The van der Waals surface area contributed by atoms with Crippen LogP contribution in [0.4, 0.5) is 0 Å². The predicted octanol–water partition coefficient (Wildman–Crippen LogP) is 10.9. The number of rotatable bonds is 4. The minimum absolute atomic E-state index is 0.233. The maximum absolute atomic E-state index is 11.4. The average molecular weight is 618 g/mol. The summed E-state index contributed by atoms with van der Waals surface area (Å²) in [5, 5.41) is 25.3. The standard InChI is InChI=1S/C44H31N3O/c1-28-13-2-3-15-30(28)37-25-42-36(26-43(37)48)34-19-7-11-24-41(34)47(42)44-29(27-45)14-12-20-35(44)33-18-6-10-23-40(33)46-38-21-8-4-16-31(38)32-17-5-9-22-39(32)46/h2-4,6-16,18-26,48H,5,17H2,1H3. The fraction of sp³-hybridized carbons (Fsp3) is 0.0682. The van der Waals surface area contributed by atoms with E-state index in [1.54, 1.807) is 0 Å². The number of aromatic nitrogens is 2. The molecule has 4 nitrogen and oxygen atoms in total. The summed E-state index contributed by atoms with van der Waals surface area (Å²) in [7, 11) is 0. The number of allylic oxidation sites excluding steroid dienone is 1. The van der Waals surface area contributed by atoms with Crippen LogP contribution in [0.25, 0.3) is 72.4 Å². The number of benzene rings is 6. The maximum atomic E-state index is 11.4. The molecule has 0 amide bonds. The van der Waals surface area contributed by atoms with Gasteiger partial charge in [0, 0.05) is 38.5 Å². The summed E-state index contributed by atoms with van der Waals surface area (Å²) < 4.78 is 4.61. The molecule has 0 spiro atoms. The van der Waals surface area contributed by atoms with Gasteiger partial charge < -0.3 is 14.2 Å². The first kappa shape index (κ1) is 28.0. The van der Waals surface area contributed by atoms with E-state index in [4.69, 9.17) is 0 Å². The van der Waals surface area contributed by atoms with Gasteiger partial charge in [-0.05, 0) is 78.9 Å². The largest absolute Gasteiger partial charge is 0.507 e. The van der Waals surface area contributed by atoms with Crippen LogP contribution in [0, 0.1) is 18.3 Å². The van der Waals surface area contributed by atoms with Crippen molar-refractivity contribution < 1.29 is 5.11 Å². The highest BCUT2D eigenvalue weighted by Gasteiger charge is 2.24. The van der Waals surface area contributed by atoms with E-state index in [1.807, 2.05) is 48.5 Å². The van der Waals surface area contributed by atoms with Gasteiger partial charge in [-0.25, -0.2) is 0 Å². The fourth-order valence-electron chi connectivity index (χ4n) is 7.77. The van der Waals surface area contributed by atoms with Gasteiger partial charge in [0.05, 0.1) is 33.5 Å². The summed E-state index contributed by atoms with van der Waals surface area (Å²) in [4.78, 5) is 0. The van der Waals surface area contributed by atoms with Gasteiger partial charge in [-0.3, -0.25) is 0 Å². The summed E-state index contributed by atoms with van der Waals surface area (Å²) in [5.74, 6) is 0.233. The SMILES string of the molecule is Cc1ccccc1-c1cc2c(cc1O)c1ccccc1n2-c1c(C#N)cccc1-c1ccccc1-n1c2c(c3ccccc31)CCC=C2. The summed E-state index contributed by atoms with van der Waals surface area (Å²) in [5.41, 5.74) is 13.0. The van der Waals surface area contributed by atoms with Gasteiger partial charge >= 0.3 is 0 Å². The lowest BCUT2D eigenvalue weighted by molar-refractivity contribution is 0.478. The predicted molar refractivity (Wildman–Crippen MR) is 197 cm³/mol. The molecule has 0 radical (unpaired) electrons. The lowest BCUT2D eigenvalue weighted by atomic mass is 9.97. The number of para-hydroxylation sites is 4. The Hall–Kier alpha value is -6.31. The molecule has 0 fully saturated rings. The van der Waals surface area contributed by atoms with Crippen molar-refractivity contribution >= 4 is 38.8 Å². The molecule has 8 aromatic rings. The Morgan fingerprint density at radius 1 is 0.625 bits per heavy atom. The Labute approximate surface area is 278 Å². The van der Waals surface area contributed by atoms with Crippen molar-refractivity contribution in [1.82, 2.24) is 9.13 Å². The lowest BCUT2D eigenvalue weighted by Gasteiger charge is -2.20. The van der Waals surface area contributed by atoms with Crippen LogP contribution in [-0.2, 0) is 6.42 Å². The van der Waals surface area contributed by atoms with Crippen molar-refractivity contribution in [2.45, 2.75) is 19.8 Å². The van der Waals surface area contributed by atoms with Crippen molar-refractivity contribution in [2.75, 3.05) is 0 Å². The molecule has 48 heavy (non-hydrogen) atoms. The Morgan fingerprint density at radius 2 is 1.31 bits per heavy atom. The summed E-state index contributed by atoms with van der Waals surface area (Å²) in [6, 6.07) is 46.1. The Kier molecular flexibility index (Phi) is 6.35. The van der Waals surface area contributed by atoms with Gasteiger partial charge in [0.25, 0.3) is 0 Å². The van der Waals surface area contributed by atoms with E-state index in [0.717, 1.165) is 73.8 Å². The third-order valence-corrected chi connectivity index (χ3v) is 9.90. The van der Waals surface area contributed by atoms with E-state index in [0.29, 0.717) is 5.56 Å². The van der Waals surface area contributed by atoms with E-state index < -0.39 is 0 Å². The molecule has 2 heterocycles. The molecule has 0 saturated carbocycles. The summed E-state index contributed by atoms with van der Waals surface area (Å²) >= 11 is 0. The van der Waals surface area contributed by atoms with Crippen LogP contribution in [0.1, 0.15) is 28.8 Å². The summed E-state index contributed by atoms with van der Waals surface area (Å²) in [6.07, 6.45) is 6.56. The smallest absolute Gasteiger partial charge is 0.124 e. The molecule has 2 aromatic heterocycles. The van der Waals surface area contributed by atoms with Gasteiger partial charge in [0.2, 0.25) is 0 Å². The number of aryl methyl sites for hydroxylation is 2. The quantitative estimate of drug-likeness (QED) is 0.214. The van der Waals surface area contributed by atoms with Gasteiger partial charge in [-0.1, -0.05) is 97.1 Å². The number of phenolic OH excluding ortho intramolecular Hbond substituents is 1. The van der Waals surface area contributed by atoms with Crippen molar-refractivity contribution in [3.05, 3.63) is 156 Å². The van der Waals surface area contributed by atoms with Crippen molar-refractivity contribution in [3.8, 4) is 45.4 Å². The first-order valence-electron chi connectivity index (χ1n) is 16.4. The first-order valence-corrected chi connectivity index (χ1v) is 16.4. The number of hydrogen-bond acceptors (Lipinski definition) is 2. The lowest BCUT2D eigenvalue weighted by Crippen LogP contribution is -2.05. The molecular weight excluding hydrogens is 587 g/mol. The second-order valence-electron chi connectivity index (χ2n) is 12.5. The normalized spacial score (nSPS) is 12.5. The fourth-order valence-corrected chi connectivity index (χ4v) is 7.77. The molecule has 0 aliphatic heterocycles. The number of fused-ring (bicyclic) bond motifs is 6. The molecule has 0 saturated heterocycles. The van der Waals surface area contributed by atoms with Gasteiger partial charge in [-0.2, -0.15) is 5.26 Å². The van der Waals surface area contributed by atoms with Crippen LogP contribution in [0.3, 0.4) is 0 Å². The van der Waals surface area contributed by atoms with E-state index >= 15 is 0 Å². The molecule has 6 aromatic carbocycles. The molecule has 228 valence electrons. The van der Waals surface area contributed by atoms with Crippen LogP contribution >= 0.6 is 0 Å². The van der Waals surface area contributed by atoms with E-state index in [-0.39, 0.29) is 5.75 Å². The number of nitrogens with zero attached hydrogens (tertiary/aromatic N) is 3. The van der Waals surface area contributed by atoms with E-state index in [1.165, 1.54) is 22.2 Å². The number of hydrogen-bond donors (Lipinski definition) is 1. The third-order valence-electron chi connectivity index (χ3n) is 9.90. The van der Waals surface area contributed by atoms with E-state index in [2.05, 4.69) is 113 Å². The van der Waals surface area contributed by atoms with Crippen LogP contribution in [-0.4, -0.2) is 14.2 Å². The minimum Gasteiger partial charge on any atom is -0.507 e. The van der Waals surface area contributed by atoms with Crippen LogP contribution in [0.15, 0.2) is 133 Å². The van der Waals surface area contributed by atoms with Crippen LogP contribution in [0.5, 0.6) is 5.75 Å². The summed E-state index contributed by atoms with van der Waals surface area (Å²) in [6.45, 7) is 2.06. The molecule has 9 rings (SSSR count). The molecule has 1 aliphatic carbocycles. The Bertz CT molecular complexity index is 2660. The third kappa shape index (κ3) is 4.08. The average Bonchev–Trinajstić information content (AvgIpc) is 3.63. The zero-order valence-corrected chi connectivity index (χ0v) is 26.5. The van der Waals surface area contributed by atoms with Crippen molar-refractivity contribution in [3.63, 3.8) is 0 Å². The van der Waals surface area contributed by atoms with Crippen LogP contribution < -0.4 is 0 Å². The van der Waals surface area contributed by atoms with Crippen LogP contribution in [0.2, 0.25) is 0 Å². The van der Waals surface area contributed by atoms with Gasteiger partial charge in [-0.15, -0.1) is 0 Å². The zero-order chi connectivity index (χ0) is 32.4. The second-order valence-corrected chi connectivity index (χ2v) is 12.5. The molecule has 4 heteroatoms. The van der Waals surface area contributed by atoms with Crippen molar-refractivity contribution in [2.24, 2.45) is 0 Å². The topological polar surface area (TPSA) is 53.9 Å². The molecule has 0 atom stereocenters. The highest BCUT2D eigenvalue weighted by molar-refractivity contribution is 6.12. The second kappa shape index (κ2) is 10.9. The molecule has 1 N–H and O–H groups in total. The monoisotopic (exact) mass is 617 g/mol. The van der Waals surface area contributed by atoms with Gasteiger partial charge in [0.15, 0.2) is 0 Å². The highest BCUT2D eigenvalue weighted by Crippen LogP contribution is 2.44. The molecule has 1 aliphatic rings. The molecule has 0 unspecified atom stereocenters. The van der Waals surface area contributed by atoms with Gasteiger partial charge in [0.1, 0.15) is 11.8 Å². The number of nitriles is 1. The van der Waals surface area contributed by atoms with E-state index in [9.17, 15) is 10.4 Å². The molecule has 0 bridgehead atoms. The van der Waals surface area contributed by atoms with Crippen molar-refractivity contribution in [1.29, 1.82) is 5.26 Å². The maximum Gasteiger partial charge on any atom is 0.124 e. The zero-order valence-electron chi connectivity index (χ0n) is 26.5.